The van der Waals surface area contributed by atoms with Gasteiger partial charge >= 0.3 is 94.1 Å². The third-order valence-electron chi connectivity index (χ3n) is 6.30. The zero-order chi connectivity index (χ0) is 28.9. The number of aryl methyl sites for hydroxylation is 1. The summed E-state index contributed by atoms with van der Waals surface area (Å²) in [5, 5.41) is 25.3. The van der Waals surface area contributed by atoms with E-state index in [1.807, 2.05) is 12.1 Å². The van der Waals surface area contributed by atoms with Gasteiger partial charge < -0.3 is 5.11 Å². The number of aliphatic carboxylic acids is 1. The summed E-state index contributed by atoms with van der Waals surface area (Å²) in [7, 11) is 0. The molecule has 5 N–H and O–H groups in total. The number of carboxylic acids is 1. The van der Waals surface area contributed by atoms with E-state index < -0.39 is 26.0 Å². The standard InChI is InChI=1S/C23H18O2.C8H10AsNO5/c24-23(25)14-11-16-9-12-17(13-10-16)22-15-18-5-1-2-6-19(18)20-7-3-4-8-21(20)22;1-5(11)10-8-6(9(13,14)15)3-2-4-7(8)12/h1-10,12-13,15H,11,14H2,(H,24,25);2-4,12H,1H3,(H,10,11)(H2,13,14,15). The molecule has 5 aromatic rings. The van der Waals surface area contributed by atoms with Gasteiger partial charge in [0, 0.05) is 6.42 Å². The molecular formula is C31H28AsNO7. The van der Waals surface area contributed by atoms with Crippen LogP contribution in [0.5, 0.6) is 5.75 Å². The summed E-state index contributed by atoms with van der Waals surface area (Å²) in [6.45, 7) is 1.18. The number of phenols is 1. The summed E-state index contributed by atoms with van der Waals surface area (Å²) in [6, 6.07) is 31.1. The van der Waals surface area contributed by atoms with Crippen LogP contribution in [0.15, 0.2) is 97.1 Å². The number of hydrogen-bond donors (Lipinski definition) is 5. The van der Waals surface area contributed by atoms with Gasteiger partial charge in [-0.1, -0.05) is 72.8 Å². The first-order chi connectivity index (χ1) is 19.0. The van der Waals surface area contributed by atoms with Gasteiger partial charge in [0.25, 0.3) is 0 Å². The van der Waals surface area contributed by atoms with E-state index in [9.17, 15) is 18.4 Å². The van der Waals surface area contributed by atoms with Crippen LogP contribution in [0.3, 0.4) is 0 Å². The van der Waals surface area contributed by atoms with E-state index in [0.29, 0.717) is 6.42 Å². The van der Waals surface area contributed by atoms with Crippen molar-refractivity contribution < 1.29 is 31.7 Å². The first-order valence-corrected chi connectivity index (χ1v) is 15.8. The number of rotatable bonds is 6. The average Bonchev–Trinajstić information content (AvgIpc) is 2.92. The van der Waals surface area contributed by atoms with Crippen LogP contribution in [0, 0.1) is 0 Å². The van der Waals surface area contributed by atoms with Gasteiger partial charge in [0.15, 0.2) is 0 Å². The quantitative estimate of drug-likeness (QED) is 0.109. The number of phenolic OH excluding ortho intramolecular Hbond substituents is 1. The Balaban J connectivity index is 0.000000212. The number of nitrogens with one attached hydrogen (secondary N) is 1. The van der Waals surface area contributed by atoms with Crippen molar-refractivity contribution in [1.82, 2.24) is 0 Å². The Bertz CT molecular complexity index is 1740. The second kappa shape index (κ2) is 12.2. The number of para-hydroxylation sites is 1. The second-order valence-corrected chi connectivity index (χ2v) is 12.5. The van der Waals surface area contributed by atoms with Crippen molar-refractivity contribution in [2.75, 3.05) is 5.32 Å². The molecule has 204 valence electrons. The zero-order valence-corrected chi connectivity index (χ0v) is 23.5. The first-order valence-electron chi connectivity index (χ1n) is 12.4. The average molecular weight is 601 g/mol. The van der Waals surface area contributed by atoms with E-state index in [1.165, 1.54) is 52.2 Å². The zero-order valence-electron chi connectivity index (χ0n) is 21.6. The minimum Gasteiger partial charge on any atom is -0.481 e. The van der Waals surface area contributed by atoms with Crippen molar-refractivity contribution in [2.45, 2.75) is 19.8 Å². The second-order valence-electron chi connectivity index (χ2n) is 9.18. The number of carboxylic acid groups (broad SMARTS) is 1. The fraction of sp³-hybridized carbons (Fsp3) is 0.0968. The minimum absolute atomic E-state index is 0.165. The number of anilines is 1. The SMILES string of the molecule is CC(=O)Nc1c(O)cccc1[As](=O)(O)O.O=C(O)CCc1ccc(-c2cc3ccccc3c3ccccc23)cc1. The topological polar surface area (TPSA) is 144 Å². The molecule has 0 radical (unpaired) electrons. The Kier molecular flexibility index (Phi) is 8.75. The Morgan fingerprint density at radius 1 is 0.800 bits per heavy atom. The van der Waals surface area contributed by atoms with E-state index in [-0.39, 0.29) is 22.2 Å². The third-order valence-corrected chi connectivity index (χ3v) is 8.39. The maximum absolute atomic E-state index is 11.1. The van der Waals surface area contributed by atoms with Gasteiger partial charge in [-0.2, -0.15) is 0 Å². The van der Waals surface area contributed by atoms with Crippen molar-refractivity contribution in [2.24, 2.45) is 0 Å². The van der Waals surface area contributed by atoms with Crippen molar-refractivity contribution >= 4 is 57.6 Å². The summed E-state index contributed by atoms with van der Waals surface area (Å²) >= 11 is -5.14. The molecule has 0 heterocycles. The van der Waals surface area contributed by atoms with Crippen LogP contribution in [-0.2, 0) is 19.7 Å². The van der Waals surface area contributed by atoms with E-state index in [4.69, 9.17) is 13.3 Å². The van der Waals surface area contributed by atoms with Gasteiger partial charge in [0.2, 0.25) is 0 Å². The maximum Gasteiger partial charge on any atom is 0.303 e. The normalized spacial score (nSPS) is 11.1. The van der Waals surface area contributed by atoms with Crippen LogP contribution in [0.1, 0.15) is 18.9 Å². The fourth-order valence-electron chi connectivity index (χ4n) is 4.47. The molecule has 5 rings (SSSR count). The largest absolute Gasteiger partial charge is 0.481 e. The van der Waals surface area contributed by atoms with E-state index in [1.54, 1.807) is 0 Å². The number of amides is 1. The smallest absolute Gasteiger partial charge is 0.303 e. The van der Waals surface area contributed by atoms with Gasteiger partial charge in [0.1, 0.15) is 0 Å². The molecule has 0 unspecified atom stereocenters. The van der Waals surface area contributed by atoms with Crippen molar-refractivity contribution in [3.63, 3.8) is 0 Å². The molecule has 0 spiro atoms. The van der Waals surface area contributed by atoms with E-state index >= 15 is 0 Å². The van der Waals surface area contributed by atoms with Crippen LogP contribution in [0.2, 0.25) is 0 Å². The summed E-state index contributed by atoms with van der Waals surface area (Å²) in [5.41, 5.74) is 3.19. The molecule has 0 aromatic heterocycles. The molecule has 5 aromatic carbocycles. The Morgan fingerprint density at radius 3 is 2.05 bits per heavy atom. The predicted molar refractivity (Wildman–Crippen MR) is 156 cm³/mol. The Morgan fingerprint density at radius 2 is 1.43 bits per heavy atom. The molecule has 0 aliphatic carbocycles. The van der Waals surface area contributed by atoms with Crippen LogP contribution in [0.4, 0.5) is 5.69 Å². The number of benzene rings is 5. The Labute approximate surface area is 233 Å². The molecule has 0 saturated carbocycles. The first kappa shape index (κ1) is 28.6. The number of carbonyl (C=O) groups is 2. The Hall–Kier alpha value is -4.36. The third kappa shape index (κ3) is 6.79. The number of fused-ring (bicyclic) bond motifs is 3. The van der Waals surface area contributed by atoms with Crippen LogP contribution in [-0.4, -0.2) is 44.5 Å². The van der Waals surface area contributed by atoms with Crippen LogP contribution < -0.4 is 9.67 Å². The van der Waals surface area contributed by atoms with Gasteiger partial charge in [0.05, 0.1) is 0 Å². The van der Waals surface area contributed by atoms with Crippen molar-refractivity contribution in [3.8, 4) is 16.9 Å². The molecular weight excluding hydrogens is 573 g/mol. The summed E-state index contributed by atoms with van der Waals surface area (Å²) in [6.07, 6.45) is 0.729. The maximum atomic E-state index is 11.1. The van der Waals surface area contributed by atoms with Crippen molar-refractivity contribution in [3.05, 3.63) is 103 Å². The molecule has 40 heavy (non-hydrogen) atoms. The van der Waals surface area contributed by atoms with Gasteiger partial charge in [-0.25, -0.2) is 0 Å². The fourth-order valence-corrected chi connectivity index (χ4v) is 6.03. The minimum atomic E-state index is -5.14. The monoisotopic (exact) mass is 601 g/mol. The molecule has 9 heteroatoms. The number of aromatic hydroxyl groups is 1. The van der Waals surface area contributed by atoms with Gasteiger partial charge in [-0.05, 0) is 50.7 Å². The summed E-state index contributed by atoms with van der Waals surface area (Å²) in [5.74, 6) is -1.64. The van der Waals surface area contributed by atoms with Crippen LogP contribution in [0.25, 0.3) is 32.7 Å². The van der Waals surface area contributed by atoms with Crippen LogP contribution >= 0.6 is 0 Å². The molecule has 0 aliphatic rings. The van der Waals surface area contributed by atoms with Gasteiger partial charge in [-0.15, -0.1) is 0 Å². The molecule has 8 nitrogen and oxygen atoms in total. The molecule has 0 atom stereocenters. The summed E-state index contributed by atoms with van der Waals surface area (Å²) in [4.78, 5) is 21.5. The molecule has 0 saturated heterocycles. The van der Waals surface area contributed by atoms with E-state index in [2.05, 4.69) is 72.0 Å². The molecule has 0 bridgehead atoms. The summed E-state index contributed by atoms with van der Waals surface area (Å²) < 4.78 is 28.8. The molecule has 0 fully saturated rings. The number of carbonyl (C=O) groups excluding carboxylic acids is 1. The van der Waals surface area contributed by atoms with Gasteiger partial charge in [-0.3, -0.25) is 4.79 Å². The predicted octanol–water partition coefficient (Wildman–Crippen LogP) is 4.59. The molecule has 0 aliphatic heterocycles. The van der Waals surface area contributed by atoms with Crippen molar-refractivity contribution in [1.29, 1.82) is 0 Å². The number of hydrogen-bond acceptors (Lipinski definition) is 4. The van der Waals surface area contributed by atoms with E-state index in [0.717, 1.165) is 11.1 Å². The molecule has 1 amide bonds.